The quantitative estimate of drug-likeness (QED) is 0.392. The Kier molecular flexibility index (Phi) is 6.27. The number of hydrogen-bond donors (Lipinski definition) is 1. The average Bonchev–Trinajstić information content (AvgIpc) is 2.73. The van der Waals surface area contributed by atoms with Crippen molar-refractivity contribution in [2.45, 2.75) is 6.42 Å². The number of benzene rings is 3. The molecule has 140 valence electrons. The van der Waals surface area contributed by atoms with Gasteiger partial charge in [-0.3, -0.25) is 4.79 Å². The minimum Gasteiger partial charge on any atom is -0.497 e. The van der Waals surface area contributed by atoms with E-state index in [0.29, 0.717) is 17.1 Å². The second kappa shape index (κ2) is 9.24. The zero-order valence-corrected chi connectivity index (χ0v) is 15.5. The van der Waals surface area contributed by atoms with Gasteiger partial charge < -0.3 is 9.47 Å². The molecule has 3 aromatic rings. The predicted octanol–water partition coefficient (Wildman–Crippen LogP) is 3.55. The van der Waals surface area contributed by atoms with Crippen LogP contribution in [0.25, 0.3) is 10.8 Å². The molecule has 0 saturated carbocycles. The fraction of sp³-hybridized carbons (Fsp3) is 0.130. The summed E-state index contributed by atoms with van der Waals surface area (Å²) in [6.45, 7) is 0.139. The molecule has 0 heterocycles. The maximum absolute atomic E-state index is 12.3. The Labute approximate surface area is 164 Å². The van der Waals surface area contributed by atoms with Crippen molar-refractivity contribution in [3.8, 4) is 23.8 Å². The standard InChI is InChI=1S/C23H20N2O3/c1-3-13-28-22-12-11-20(27-2)14-19(22)16-24-25-23(26)15-18-9-6-8-17-7-4-5-10-21(17)18/h1,4-12,14,16H,13,15H2,2H3,(H,25,26)/b24-16-. The number of rotatable bonds is 7. The lowest BCUT2D eigenvalue weighted by atomic mass is 10.0. The lowest BCUT2D eigenvalue weighted by Gasteiger charge is -2.08. The van der Waals surface area contributed by atoms with Crippen LogP contribution in [0.15, 0.2) is 65.8 Å². The summed E-state index contributed by atoms with van der Waals surface area (Å²) in [6.07, 6.45) is 6.99. The molecule has 3 rings (SSSR count). The topological polar surface area (TPSA) is 59.9 Å². The molecule has 0 bridgehead atoms. The Morgan fingerprint density at radius 3 is 2.82 bits per heavy atom. The van der Waals surface area contributed by atoms with Crippen LogP contribution in [0.2, 0.25) is 0 Å². The summed E-state index contributed by atoms with van der Waals surface area (Å²) in [5.41, 5.74) is 4.16. The van der Waals surface area contributed by atoms with Gasteiger partial charge in [-0.1, -0.05) is 48.4 Å². The molecule has 0 aliphatic carbocycles. The van der Waals surface area contributed by atoms with E-state index in [1.165, 1.54) is 6.21 Å². The van der Waals surface area contributed by atoms with Gasteiger partial charge in [0.25, 0.3) is 0 Å². The number of nitrogens with one attached hydrogen (secondary N) is 1. The number of amides is 1. The fourth-order valence-corrected chi connectivity index (χ4v) is 2.84. The first-order chi connectivity index (χ1) is 13.7. The van der Waals surface area contributed by atoms with Crippen LogP contribution in [-0.2, 0) is 11.2 Å². The Balaban J connectivity index is 1.70. The number of methoxy groups -OCH3 is 1. The van der Waals surface area contributed by atoms with Crippen molar-refractivity contribution in [2.24, 2.45) is 5.10 Å². The Morgan fingerprint density at radius 2 is 2.00 bits per heavy atom. The van der Waals surface area contributed by atoms with E-state index in [1.807, 2.05) is 42.5 Å². The molecule has 0 atom stereocenters. The van der Waals surface area contributed by atoms with Gasteiger partial charge in [-0.05, 0) is 34.5 Å². The molecule has 5 heteroatoms. The Morgan fingerprint density at radius 1 is 1.18 bits per heavy atom. The first-order valence-corrected chi connectivity index (χ1v) is 8.74. The number of hydrazone groups is 1. The molecular formula is C23H20N2O3. The zero-order valence-electron chi connectivity index (χ0n) is 15.5. The summed E-state index contributed by atoms with van der Waals surface area (Å²) in [5, 5.41) is 6.21. The van der Waals surface area contributed by atoms with E-state index in [2.05, 4.69) is 16.4 Å². The van der Waals surface area contributed by atoms with Crippen LogP contribution in [0.3, 0.4) is 0 Å². The highest BCUT2D eigenvalue weighted by molar-refractivity contribution is 5.91. The van der Waals surface area contributed by atoms with Gasteiger partial charge in [0.2, 0.25) is 5.91 Å². The van der Waals surface area contributed by atoms with Gasteiger partial charge in [-0.25, -0.2) is 5.43 Å². The molecule has 0 aliphatic heterocycles. The summed E-state index contributed by atoms with van der Waals surface area (Å²) < 4.78 is 10.7. The van der Waals surface area contributed by atoms with Gasteiger partial charge in [0, 0.05) is 5.56 Å². The molecule has 1 amide bonds. The molecule has 5 nitrogen and oxygen atoms in total. The van der Waals surface area contributed by atoms with Crippen LogP contribution < -0.4 is 14.9 Å². The smallest absolute Gasteiger partial charge is 0.244 e. The van der Waals surface area contributed by atoms with E-state index in [9.17, 15) is 4.79 Å². The number of carbonyl (C=O) groups excluding carboxylic acids is 1. The SMILES string of the molecule is C#CCOc1ccc(OC)cc1/C=N\NC(=O)Cc1cccc2ccccc12. The van der Waals surface area contributed by atoms with E-state index in [-0.39, 0.29) is 18.9 Å². The maximum atomic E-state index is 12.3. The first-order valence-electron chi connectivity index (χ1n) is 8.74. The second-order valence-corrected chi connectivity index (χ2v) is 6.00. The van der Waals surface area contributed by atoms with Crippen LogP contribution in [0.5, 0.6) is 11.5 Å². The molecule has 0 aromatic heterocycles. The molecule has 28 heavy (non-hydrogen) atoms. The molecule has 0 radical (unpaired) electrons. The minimum atomic E-state index is -0.207. The molecule has 0 spiro atoms. The number of fused-ring (bicyclic) bond motifs is 1. The van der Waals surface area contributed by atoms with Crippen molar-refractivity contribution in [2.75, 3.05) is 13.7 Å². The highest BCUT2D eigenvalue weighted by Crippen LogP contribution is 2.23. The third-order valence-electron chi connectivity index (χ3n) is 4.15. The van der Waals surface area contributed by atoms with E-state index >= 15 is 0 Å². The lowest BCUT2D eigenvalue weighted by molar-refractivity contribution is -0.120. The molecule has 0 fully saturated rings. The number of terminal acetylenes is 1. The summed E-state index contributed by atoms with van der Waals surface area (Å²) in [7, 11) is 1.57. The molecule has 0 unspecified atom stereocenters. The second-order valence-electron chi connectivity index (χ2n) is 6.00. The van der Waals surface area contributed by atoms with Crippen molar-refractivity contribution < 1.29 is 14.3 Å². The Hall–Kier alpha value is -3.78. The molecule has 1 N–H and O–H groups in total. The van der Waals surface area contributed by atoms with E-state index in [4.69, 9.17) is 15.9 Å². The highest BCUT2D eigenvalue weighted by Gasteiger charge is 2.07. The predicted molar refractivity (Wildman–Crippen MR) is 111 cm³/mol. The number of nitrogens with zero attached hydrogens (tertiary/aromatic N) is 1. The van der Waals surface area contributed by atoms with Crippen LogP contribution >= 0.6 is 0 Å². The van der Waals surface area contributed by atoms with Crippen molar-refractivity contribution in [1.82, 2.24) is 5.43 Å². The van der Waals surface area contributed by atoms with E-state index < -0.39 is 0 Å². The summed E-state index contributed by atoms with van der Waals surface area (Å²) in [5.74, 6) is 3.42. The zero-order chi connectivity index (χ0) is 19.8. The van der Waals surface area contributed by atoms with Gasteiger partial charge >= 0.3 is 0 Å². The van der Waals surface area contributed by atoms with Crippen LogP contribution in [0.4, 0.5) is 0 Å². The van der Waals surface area contributed by atoms with Crippen LogP contribution in [0.1, 0.15) is 11.1 Å². The van der Waals surface area contributed by atoms with Gasteiger partial charge in [-0.2, -0.15) is 5.10 Å². The van der Waals surface area contributed by atoms with Crippen molar-refractivity contribution in [3.63, 3.8) is 0 Å². The van der Waals surface area contributed by atoms with Crippen LogP contribution in [-0.4, -0.2) is 25.8 Å². The van der Waals surface area contributed by atoms with E-state index in [0.717, 1.165) is 16.3 Å². The summed E-state index contributed by atoms with van der Waals surface area (Å²) in [4.78, 5) is 12.3. The normalized spacial score (nSPS) is 10.6. The first kappa shape index (κ1) is 19.0. The van der Waals surface area contributed by atoms with Crippen molar-refractivity contribution >= 4 is 22.9 Å². The number of hydrogen-bond acceptors (Lipinski definition) is 4. The summed E-state index contributed by atoms with van der Waals surface area (Å²) in [6, 6.07) is 19.1. The number of carbonyl (C=O) groups is 1. The number of ether oxygens (including phenoxy) is 2. The van der Waals surface area contributed by atoms with Crippen LogP contribution in [0, 0.1) is 12.3 Å². The maximum Gasteiger partial charge on any atom is 0.244 e. The minimum absolute atomic E-state index is 0.139. The fourth-order valence-electron chi connectivity index (χ4n) is 2.84. The molecule has 0 aliphatic rings. The third-order valence-corrected chi connectivity index (χ3v) is 4.15. The monoisotopic (exact) mass is 372 g/mol. The largest absolute Gasteiger partial charge is 0.497 e. The van der Waals surface area contributed by atoms with Gasteiger partial charge in [0.15, 0.2) is 0 Å². The molecule has 3 aromatic carbocycles. The van der Waals surface area contributed by atoms with Crippen molar-refractivity contribution in [3.05, 3.63) is 71.8 Å². The third kappa shape index (κ3) is 4.68. The molecule has 0 saturated heterocycles. The van der Waals surface area contributed by atoms with Gasteiger partial charge in [-0.15, -0.1) is 6.42 Å². The van der Waals surface area contributed by atoms with Gasteiger partial charge in [0.05, 0.1) is 19.7 Å². The Bertz CT molecular complexity index is 1050. The average molecular weight is 372 g/mol. The summed E-state index contributed by atoms with van der Waals surface area (Å²) >= 11 is 0. The van der Waals surface area contributed by atoms with Gasteiger partial charge in [0.1, 0.15) is 18.1 Å². The lowest BCUT2D eigenvalue weighted by Crippen LogP contribution is -2.20. The van der Waals surface area contributed by atoms with Crippen molar-refractivity contribution in [1.29, 1.82) is 0 Å². The highest BCUT2D eigenvalue weighted by atomic mass is 16.5. The molecular weight excluding hydrogens is 352 g/mol. The van der Waals surface area contributed by atoms with E-state index in [1.54, 1.807) is 25.3 Å².